The van der Waals surface area contributed by atoms with E-state index in [4.69, 9.17) is 15.0 Å². The third kappa shape index (κ3) is 4.77. The lowest BCUT2D eigenvalue weighted by Crippen LogP contribution is -2.15. The van der Waals surface area contributed by atoms with Gasteiger partial charge < -0.3 is 0 Å². The third-order valence-electron chi connectivity index (χ3n) is 10.7. The molecule has 0 atom stereocenters. The van der Waals surface area contributed by atoms with Crippen LogP contribution in [0.4, 0.5) is 0 Å². The molecular weight excluding hydrogens is 619 g/mol. The van der Waals surface area contributed by atoms with E-state index in [0.717, 1.165) is 32.8 Å². The van der Waals surface area contributed by atoms with E-state index in [9.17, 15) is 0 Å². The highest BCUT2D eigenvalue weighted by Gasteiger charge is 2.35. The Labute approximate surface area is 297 Å². The van der Waals surface area contributed by atoms with E-state index in [1.165, 1.54) is 49.5 Å². The maximum absolute atomic E-state index is 5.26. The van der Waals surface area contributed by atoms with Gasteiger partial charge in [-0.15, -0.1) is 0 Å². The summed E-state index contributed by atoms with van der Waals surface area (Å²) in [5.41, 5.74) is 10.4. The summed E-state index contributed by atoms with van der Waals surface area (Å²) < 4.78 is 0. The van der Waals surface area contributed by atoms with Crippen LogP contribution < -0.4 is 0 Å². The second-order valence-corrected chi connectivity index (χ2v) is 14.1. The summed E-state index contributed by atoms with van der Waals surface area (Å²) in [6.07, 6.45) is 0. The van der Waals surface area contributed by atoms with Crippen LogP contribution in [-0.4, -0.2) is 15.0 Å². The molecule has 0 saturated carbocycles. The Bertz CT molecular complexity index is 2850. The molecule has 3 nitrogen and oxygen atoms in total. The summed E-state index contributed by atoms with van der Waals surface area (Å²) in [5, 5.41) is 7.07. The number of hydrogen-bond acceptors (Lipinski definition) is 3. The number of fused-ring (bicyclic) bond motifs is 6. The van der Waals surface area contributed by atoms with Crippen molar-refractivity contribution in [1.29, 1.82) is 0 Å². The van der Waals surface area contributed by atoms with Gasteiger partial charge in [-0.1, -0.05) is 159 Å². The minimum absolute atomic E-state index is 0.131. The van der Waals surface area contributed by atoms with E-state index >= 15 is 0 Å². The topological polar surface area (TPSA) is 38.7 Å². The van der Waals surface area contributed by atoms with Crippen molar-refractivity contribution in [2.75, 3.05) is 0 Å². The summed E-state index contributed by atoms with van der Waals surface area (Å²) in [4.78, 5) is 15.6. The molecule has 0 saturated heterocycles. The summed E-state index contributed by atoms with van der Waals surface area (Å²) in [7, 11) is 0. The standard InChI is InChI=1S/C48H33N3/c1-48(2)43-20-8-7-15-40(43)41-26-25-36(29-44(41)48)46-49-45(35-24-22-31-12-4-6-14-33(31)28-35)50-47(51-46)42-19-10-17-38-37(16-9-18-39(38)42)34-23-21-30-11-3-5-13-32(30)27-34/h3-29H,1-2H3. The zero-order valence-electron chi connectivity index (χ0n) is 28.4. The predicted octanol–water partition coefficient (Wildman–Crippen LogP) is 12.3. The van der Waals surface area contributed by atoms with Gasteiger partial charge in [0.15, 0.2) is 17.5 Å². The molecule has 0 spiro atoms. The van der Waals surface area contributed by atoms with Gasteiger partial charge in [0.2, 0.25) is 0 Å². The number of rotatable bonds is 4. The molecule has 0 N–H and O–H groups in total. The predicted molar refractivity (Wildman–Crippen MR) is 212 cm³/mol. The average molecular weight is 652 g/mol. The van der Waals surface area contributed by atoms with Crippen LogP contribution in [0.2, 0.25) is 0 Å². The molecular formula is C48H33N3. The highest BCUT2D eigenvalue weighted by Crippen LogP contribution is 2.49. The van der Waals surface area contributed by atoms with Crippen molar-refractivity contribution in [3.8, 4) is 56.4 Å². The fourth-order valence-electron chi connectivity index (χ4n) is 8.04. The highest BCUT2D eigenvalue weighted by atomic mass is 15.0. The Morgan fingerprint density at radius 1 is 0.333 bits per heavy atom. The van der Waals surface area contributed by atoms with Crippen LogP contribution in [0.25, 0.3) is 88.7 Å². The normalized spacial score (nSPS) is 13.1. The second kappa shape index (κ2) is 11.3. The van der Waals surface area contributed by atoms with Crippen LogP contribution in [0.3, 0.4) is 0 Å². The first-order chi connectivity index (χ1) is 25.0. The van der Waals surface area contributed by atoms with Crippen LogP contribution >= 0.6 is 0 Å². The van der Waals surface area contributed by atoms with Crippen molar-refractivity contribution >= 4 is 32.3 Å². The van der Waals surface area contributed by atoms with Gasteiger partial charge >= 0.3 is 0 Å². The van der Waals surface area contributed by atoms with E-state index in [1.54, 1.807) is 0 Å². The van der Waals surface area contributed by atoms with E-state index in [-0.39, 0.29) is 5.41 Å². The van der Waals surface area contributed by atoms with Gasteiger partial charge in [0.1, 0.15) is 0 Å². The average Bonchev–Trinajstić information content (AvgIpc) is 3.42. The molecule has 0 aliphatic heterocycles. The fraction of sp³-hybridized carbons (Fsp3) is 0.0625. The molecule has 51 heavy (non-hydrogen) atoms. The van der Waals surface area contributed by atoms with Crippen LogP contribution in [0.15, 0.2) is 164 Å². The van der Waals surface area contributed by atoms with Crippen molar-refractivity contribution in [2.24, 2.45) is 0 Å². The summed E-state index contributed by atoms with van der Waals surface area (Å²) in [6.45, 7) is 4.62. The van der Waals surface area contributed by atoms with E-state index in [2.05, 4.69) is 178 Å². The molecule has 1 aromatic heterocycles. The molecule has 0 bridgehead atoms. The van der Waals surface area contributed by atoms with Crippen molar-refractivity contribution < 1.29 is 0 Å². The van der Waals surface area contributed by atoms with Gasteiger partial charge in [-0.25, -0.2) is 15.0 Å². The molecule has 1 aliphatic rings. The molecule has 0 fully saturated rings. The molecule has 8 aromatic carbocycles. The molecule has 0 unspecified atom stereocenters. The first kappa shape index (κ1) is 29.5. The van der Waals surface area contributed by atoms with Crippen molar-refractivity contribution in [3.63, 3.8) is 0 Å². The lowest BCUT2D eigenvalue weighted by molar-refractivity contribution is 0.660. The lowest BCUT2D eigenvalue weighted by Gasteiger charge is -2.21. The van der Waals surface area contributed by atoms with Crippen LogP contribution in [0.1, 0.15) is 25.0 Å². The van der Waals surface area contributed by atoms with Gasteiger partial charge in [-0.05, 0) is 83.9 Å². The van der Waals surface area contributed by atoms with Crippen molar-refractivity contribution in [3.05, 3.63) is 175 Å². The SMILES string of the molecule is CC1(C)c2ccccc2-c2ccc(-c3nc(-c4ccc5ccccc5c4)nc(-c4cccc5c(-c6ccc7ccccc7c6)cccc45)n3)cc21. The van der Waals surface area contributed by atoms with Crippen LogP contribution in [0, 0.1) is 0 Å². The smallest absolute Gasteiger partial charge is 0.164 e. The number of hydrogen-bond donors (Lipinski definition) is 0. The van der Waals surface area contributed by atoms with Crippen LogP contribution in [-0.2, 0) is 5.41 Å². The Morgan fingerprint density at radius 2 is 0.824 bits per heavy atom. The van der Waals surface area contributed by atoms with E-state index in [1.807, 2.05) is 0 Å². The maximum Gasteiger partial charge on any atom is 0.164 e. The van der Waals surface area contributed by atoms with Gasteiger partial charge in [0, 0.05) is 22.1 Å². The molecule has 240 valence electrons. The summed E-state index contributed by atoms with van der Waals surface area (Å²) >= 11 is 0. The number of benzene rings is 8. The van der Waals surface area contributed by atoms with Gasteiger partial charge in [0.05, 0.1) is 0 Å². The second-order valence-electron chi connectivity index (χ2n) is 14.1. The zero-order chi connectivity index (χ0) is 34.1. The Hall–Kier alpha value is -6.45. The molecule has 9 aromatic rings. The lowest BCUT2D eigenvalue weighted by atomic mass is 9.82. The Kier molecular flexibility index (Phi) is 6.53. The monoisotopic (exact) mass is 651 g/mol. The Morgan fingerprint density at radius 3 is 1.55 bits per heavy atom. The van der Waals surface area contributed by atoms with Gasteiger partial charge in [-0.3, -0.25) is 0 Å². The first-order valence-electron chi connectivity index (χ1n) is 17.5. The summed E-state index contributed by atoms with van der Waals surface area (Å²) in [5.74, 6) is 1.99. The maximum atomic E-state index is 5.26. The number of nitrogens with zero attached hydrogens (tertiary/aromatic N) is 3. The van der Waals surface area contributed by atoms with E-state index in [0.29, 0.717) is 17.5 Å². The molecule has 1 aliphatic carbocycles. The minimum Gasteiger partial charge on any atom is -0.208 e. The van der Waals surface area contributed by atoms with Crippen molar-refractivity contribution in [1.82, 2.24) is 15.0 Å². The quantitative estimate of drug-likeness (QED) is 0.190. The van der Waals surface area contributed by atoms with E-state index < -0.39 is 0 Å². The molecule has 0 radical (unpaired) electrons. The van der Waals surface area contributed by atoms with Gasteiger partial charge in [-0.2, -0.15) is 0 Å². The minimum atomic E-state index is -0.131. The highest BCUT2D eigenvalue weighted by molar-refractivity contribution is 6.05. The molecule has 1 heterocycles. The molecule has 3 heteroatoms. The first-order valence-corrected chi connectivity index (χ1v) is 17.5. The van der Waals surface area contributed by atoms with Crippen LogP contribution in [0.5, 0.6) is 0 Å². The summed E-state index contributed by atoms with van der Waals surface area (Å²) in [6, 6.07) is 58.5. The zero-order valence-corrected chi connectivity index (χ0v) is 28.4. The van der Waals surface area contributed by atoms with Crippen molar-refractivity contribution in [2.45, 2.75) is 19.3 Å². The molecule has 0 amide bonds. The van der Waals surface area contributed by atoms with Gasteiger partial charge in [0.25, 0.3) is 0 Å². The fourth-order valence-corrected chi connectivity index (χ4v) is 8.04. The number of aromatic nitrogens is 3. The Balaban J connectivity index is 1.17. The third-order valence-corrected chi connectivity index (χ3v) is 10.7. The molecule has 10 rings (SSSR count). The largest absolute Gasteiger partial charge is 0.208 e.